The van der Waals surface area contributed by atoms with Crippen molar-refractivity contribution >= 4 is 45.9 Å². The van der Waals surface area contributed by atoms with Crippen LogP contribution < -0.4 is 16.0 Å². The molecule has 27 heavy (non-hydrogen) atoms. The minimum Gasteiger partial charge on any atom is -0.480 e. The van der Waals surface area contributed by atoms with Gasteiger partial charge in [-0.1, -0.05) is 12.1 Å². The lowest BCUT2D eigenvalue weighted by Crippen LogP contribution is -2.26. The molecule has 1 aromatic heterocycles. The van der Waals surface area contributed by atoms with E-state index < -0.39 is 12.0 Å². The Labute approximate surface area is 155 Å². The molecule has 0 aliphatic rings. The number of rotatable bonds is 6. The number of hydrogen-bond donors (Lipinski definition) is 4. The molecule has 4 N–H and O–H groups in total. The standard InChI is InChI=1S/C19H19N5O3/c1-11(18(26)27)20-17-15-5-3-4-6-16(15)23-19(24-17)22-14-9-7-13(8-10-14)21-12(2)25/h3-11H,1-2H3,(H,21,25)(H,26,27)(H2,20,22,23,24). The van der Waals surface area contributed by atoms with Crippen molar-refractivity contribution in [1.82, 2.24) is 9.97 Å². The summed E-state index contributed by atoms with van der Waals surface area (Å²) in [6.07, 6.45) is 0. The first-order valence-corrected chi connectivity index (χ1v) is 8.33. The number of carbonyl (C=O) groups excluding carboxylic acids is 1. The Morgan fingerprint density at radius 1 is 1.00 bits per heavy atom. The van der Waals surface area contributed by atoms with Gasteiger partial charge >= 0.3 is 5.97 Å². The van der Waals surface area contributed by atoms with Crippen molar-refractivity contribution in [2.75, 3.05) is 16.0 Å². The van der Waals surface area contributed by atoms with Crippen molar-refractivity contribution < 1.29 is 14.7 Å². The predicted molar refractivity (Wildman–Crippen MR) is 104 cm³/mol. The number of carboxylic acids is 1. The Kier molecular flexibility index (Phi) is 5.16. The van der Waals surface area contributed by atoms with Crippen molar-refractivity contribution in [1.29, 1.82) is 0 Å². The molecule has 0 saturated carbocycles. The van der Waals surface area contributed by atoms with Crippen LogP contribution in [0, 0.1) is 0 Å². The summed E-state index contributed by atoms with van der Waals surface area (Å²) in [7, 11) is 0. The van der Waals surface area contributed by atoms with Crippen LogP contribution in [0.15, 0.2) is 48.5 Å². The molecule has 138 valence electrons. The van der Waals surface area contributed by atoms with Crippen LogP contribution in [0.3, 0.4) is 0 Å². The lowest BCUT2D eigenvalue weighted by atomic mass is 10.2. The van der Waals surface area contributed by atoms with E-state index in [0.717, 1.165) is 11.1 Å². The number of hydrogen-bond acceptors (Lipinski definition) is 6. The number of benzene rings is 2. The molecule has 0 saturated heterocycles. The zero-order valence-electron chi connectivity index (χ0n) is 14.9. The number of aromatic nitrogens is 2. The number of carboxylic acid groups (broad SMARTS) is 1. The molecule has 2 aromatic carbocycles. The van der Waals surface area contributed by atoms with E-state index in [1.807, 2.05) is 24.3 Å². The van der Waals surface area contributed by atoms with E-state index in [9.17, 15) is 9.59 Å². The summed E-state index contributed by atoms with van der Waals surface area (Å²) in [5.41, 5.74) is 2.10. The highest BCUT2D eigenvalue weighted by atomic mass is 16.4. The molecule has 3 rings (SSSR count). The maximum absolute atomic E-state index is 11.2. The van der Waals surface area contributed by atoms with Gasteiger partial charge in [0, 0.05) is 23.7 Å². The summed E-state index contributed by atoms with van der Waals surface area (Å²) in [6, 6.07) is 13.7. The van der Waals surface area contributed by atoms with Crippen LogP contribution >= 0.6 is 0 Å². The van der Waals surface area contributed by atoms with E-state index in [4.69, 9.17) is 5.11 Å². The van der Waals surface area contributed by atoms with E-state index in [1.165, 1.54) is 6.92 Å². The first-order chi connectivity index (χ1) is 12.9. The number of carbonyl (C=O) groups is 2. The lowest BCUT2D eigenvalue weighted by Gasteiger charge is -2.14. The number of fused-ring (bicyclic) bond motifs is 1. The van der Waals surface area contributed by atoms with Crippen molar-refractivity contribution in [3.63, 3.8) is 0 Å². The van der Waals surface area contributed by atoms with Gasteiger partial charge in [-0.25, -0.2) is 4.98 Å². The smallest absolute Gasteiger partial charge is 0.325 e. The third-order valence-corrected chi connectivity index (χ3v) is 3.79. The fraction of sp³-hybridized carbons (Fsp3) is 0.158. The maximum atomic E-state index is 11.2. The highest BCUT2D eigenvalue weighted by Crippen LogP contribution is 2.24. The first kappa shape index (κ1) is 18.1. The fourth-order valence-electron chi connectivity index (χ4n) is 2.48. The molecule has 0 bridgehead atoms. The Morgan fingerprint density at radius 3 is 2.33 bits per heavy atom. The second-order valence-electron chi connectivity index (χ2n) is 6.00. The van der Waals surface area contributed by atoms with E-state index in [0.29, 0.717) is 23.0 Å². The second-order valence-corrected chi connectivity index (χ2v) is 6.00. The fourth-order valence-corrected chi connectivity index (χ4v) is 2.48. The van der Waals surface area contributed by atoms with Crippen LogP contribution in [0.25, 0.3) is 10.9 Å². The van der Waals surface area contributed by atoms with Crippen LogP contribution in [0.4, 0.5) is 23.1 Å². The SMILES string of the molecule is CC(=O)Nc1ccc(Nc2nc(NC(C)C(=O)O)c3ccccc3n2)cc1. The van der Waals surface area contributed by atoms with Crippen molar-refractivity contribution in [2.24, 2.45) is 0 Å². The van der Waals surface area contributed by atoms with Gasteiger partial charge in [0.25, 0.3) is 0 Å². The van der Waals surface area contributed by atoms with Gasteiger partial charge in [0.15, 0.2) is 0 Å². The van der Waals surface area contributed by atoms with Gasteiger partial charge in [-0.3, -0.25) is 9.59 Å². The quantitative estimate of drug-likeness (QED) is 0.530. The molecule has 0 aliphatic carbocycles. The number of amides is 1. The third-order valence-electron chi connectivity index (χ3n) is 3.79. The Bertz CT molecular complexity index is 988. The van der Waals surface area contributed by atoms with Gasteiger partial charge in [0.05, 0.1) is 5.52 Å². The number of nitrogens with one attached hydrogen (secondary N) is 3. The minimum atomic E-state index is -0.972. The maximum Gasteiger partial charge on any atom is 0.325 e. The van der Waals surface area contributed by atoms with Gasteiger partial charge in [-0.15, -0.1) is 0 Å². The van der Waals surface area contributed by atoms with Crippen molar-refractivity contribution in [3.8, 4) is 0 Å². The summed E-state index contributed by atoms with van der Waals surface area (Å²) in [5, 5.41) is 18.6. The van der Waals surface area contributed by atoms with E-state index >= 15 is 0 Å². The van der Waals surface area contributed by atoms with E-state index in [2.05, 4.69) is 25.9 Å². The molecule has 0 spiro atoms. The van der Waals surface area contributed by atoms with Gasteiger partial charge < -0.3 is 21.1 Å². The molecule has 3 aromatic rings. The molecule has 0 fully saturated rings. The normalized spacial score (nSPS) is 11.6. The minimum absolute atomic E-state index is 0.142. The summed E-state index contributed by atoms with van der Waals surface area (Å²) >= 11 is 0. The van der Waals surface area contributed by atoms with Crippen LogP contribution in [0.5, 0.6) is 0 Å². The summed E-state index contributed by atoms with van der Waals surface area (Å²) in [6.45, 7) is 2.99. The molecule has 1 atom stereocenters. The molecule has 1 unspecified atom stereocenters. The Hall–Kier alpha value is -3.68. The molecule has 1 heterocycles. The van der Waals surface area contributed by atoms with Crippen LogP contribution in [0.1, 0.15) is 13.8 Å². The van der Waals surface area contributed by atoms with Gasteiger partial charge in [0.1, 0.15) is 11.9 Å². The van der Waals surface area contributed by atoms with Crippen LogP contribution in [-0.2, 0) is 9.59 Å². The lowest BCUT2D eigenvalue weighted by molar-refractivity contribution is -0.137. The molecular formula is C19H19N5O3. The van der Waals surface area contributed by atoms with Crippen molar-refractivity contribution in [2.45, 2.75) is 19.9 Å². The molecule has 0 radical (unpaired) electrons. The van der Waals surface area contributed by atoms with Gasteiger partial charge in [-0.2, -0.15) is 4.98 Å². The topological polar surface area (TPSA) is 116 Å². The zero-order chi connectivity index (χ0) is 19.4. The van der Waals surface area contributed by atoms with Gasteiger partial charge in [0.2, 0.25) is 11.9 Å². The average Bonchev–Trinajstić information content (AvgIpc) is 2.63. The second kappa shape index (κ2) is 7.69. The molecule has 8 nitrogen and oxygen atoms in total. The van der Waals surface area contributed by atoms with E-state index in [-0.39, 0.29) is 5.91 Å². The summed E-state index contributed by atoms with van der Waals surface area (Å²) in [5.74, 6) is -0.341. The molecule has 8 heteroatoms. The Balaban J connectivity index is 1.90. The summed E-state index contributed by atoms with van der Waals surface area (Å²) < 4.78 is 0. The number of nitrogens with zero attached hydrogens (tertiary/aromatic N) is 2. The van der Waals surface area contributed by atoms with E-state index in [1.54, 1.807) is 31.2 Å². The molecule has 0 aliphatic heterocycles. The Morgan fingerprint density at radius 2 is 1.67 bits per heavy atom. The zero-order valence-corrected chi connectivity index (χ0v) is 14.9. The number of anilines is 4. The number of para-hydroxylation sites is 1. The largest absolute Gasteiger partial charge is 0.480 e. The van der Waals surface area contributed by atoms with Crippen LogP contribution in [0.2, 0.25) is 0 Å². The summed E-state index contributed by atoms with van der Waals surface area (Å²) in [4.78, 5) is 31.2. The monoisotopic (exact) mass is 365 g/mol. The van der Waals surface area contributed by atoms with Crippen molar-refractivity contribution in [3.05, 3.63) is 48.5 Å². The third kappa shape index (κ3) is 4.49. The highest BCUT2D eigenvalue weighted by molar-refractivity contribution is 5.92. The molecule has 1 amide bonds. The number of aliphatic carboxylic acids is 1. The van der Waals surface area contributed by atoms with Gasteiger partial charge in [-0.05, 0) is 43.3 Å². The average molecular weight is 365 g/mol. The molecular weight excluding hydrogens is 346 g/mol. The predicted octanol–water partition coefficient (Wildman–Crippen LogP) is 3.22. The first-order valence-electron chi connectivity index (χ1n) is 8.33. The van der Waals surface area contributed by atoms with Crippen LogP contribution in [-0.4, -0.2) is 33.0 Å². The highest BCUT2D eigenvalue weighted by Gasteiger charge is 2.14.